The summed E-state index contributed by atoms with van der Waals surface area (Å²) in [6.45, 7) is 2.79. The summed E-state index contributed by atoms with van der Waals surface area (Å²) in [7, 11) is 0. The van der Waals surface area contributed by atoms with Crippen molar-refractivity contribution >= 4 is 11.7 Å². The number of aryl methyl sites for hydroxylation is 1. The number of amides is 1. The van der Waals surface area contributed by atoms with Gasteiger partial charge >= 0.3 is 0 Å². The van der Waals surface area contributed by atoms with Crippen LogP contribution in [0.2, 0.25) is 0 Å². The predicted octanol–water partition coefficient (Wildman–Crippen LogP) is 0.996. The maximum atomic E-state index is 11.8. The van der Waals surface area contributed by atoms with Crippen molar-refractivity contribution in [3.63, 3.8) is 0 Å². The van der Waals surface area contributed by atoms with Crippen LogP contribution in [-0.2, 0) is 11.3 Å². The highest BCUT2D eigenvalue weighted by atomic mass is 16.1. The molecular weight excluding hydrogens is 294 g/mol. The zero-order valence-electron chi connectivity index (χ0n) is 12.7. The average Bonchev–Trinajstić information content (AvgIpc) is 3.06. The number of nitrogens with one attached hydrogen (secondary N) is 2. The van der Waals surface area contributed by atoms with Crippen LogP contribution in [0, 0.1) is 11.3 Å². The number of carbonyl (C=O) groups excluding carboxylic acids is 1. The number of nitriles is 1. The van der Waals surface area contributed by atoms with E-state index in [4.69, 9.17) is 5.26 Å². The molecule has 1 saturated heterocycles. The molecule has 118 valence electrons. The minimum atomic E-state index is -0.172. The third-order valence-corrected chi connectivity index (χ3v) is 3.84. The van der Waals surface area contributed by atoms with Crippen molar-refractivity contribution in [1.82, 2.24) is 25.1 Å². The molecule has 3 rings (SSSR count). The lowest BCUT2D eigenvalue weighted by molar-refractivity contribution is -0.123. The van der Waals surface area contributed by atoms with E-state index in [2.05, 4.69) is 25.7 Å². The number of anilines is 1. The molecule has 8 nitrogen and oxygen atoms in total. The van der Waals surface area contributed by atoms with Gasteiger partial charge in [-0.25, -0.2) is 9.97 Å². The van der Waals surface area contributed by atoms with E-state index in [9.17, 15) is 4.79 Å². The Morgan fingerprint density at radius 2 is 2.30 bits per heavy atom. The first-order valence-corrected chi connectivity index (χ1v) is 7.50. The molecule has 0 aromatic carbocycles. The van der Waals surface area contributed by atoms with Gasteiger partial charge in [0, 0.05) is 24.7 Å². The smallest absolute Gasteiger partial charge is 0.220 e. The van der Waals surface area contributed by atoms with Crippen LogP contribution in [0.5, 0.6) is 0 Å². The second-order valence-corrected chi connectivity index (χ2v) is 5.36. The van der Waals surface area contributed by atoms with E-state index in [1.54, 1.807) is 6.20 Å². The van der Waals surface area contributed by atoms with E-state index < -0.39 is 0 Å². The lowest BCUT2D eigenvalue weighted by Crippen LogP contribution is -2.45. The third kappa shape index (κ3) is 3.29. The van der Waals surface area contributed by atoms with Gasteiger partial charge in [0.2, 0.25) is 5.91 Å². The molecule has 2 atom stereocenters. The van der Waals surface area contributed by atoms with Crippen LogP contribution in [0.25, 0.3) is 0 Å². The SMILES string of the molecule is CCn1cc([C@@H]2NC(=O)CC[C@H]2Nc2cnc(C#N)cn2)cn1. The minimum absolute atomic E-state index is 0.00978. The van der Waals surface area contributed by atoms with Crippen molar-refractivity contribution in [1.29, 1.82) is 5.26 Å². The second kappa shape index (κ2) is 6.44. The quantitative estimate of drug-likeness (QED) is 0.872. The van der Waals surface area contributed by atoms with E-state index in [1.807, 2.05) is 23.9 Å². The van der Waals surface area contributed by atoms with Gasteiger partial charge in [0.15, 0.2) is 5.69 Å². The first-order valence-electron chi connectivity index (χ1n) is 7.50. The molecule has 2 aromatic rings. The van der Waals surface area contributed by atoms with Crippen LogP contribution < -0.4 is 10.6 Å². The van der Waals surface area contributed by atoms with Gasteiger partial charge in [-0.15, -0.1) is 0 Å². The van der Waals surface area contributed by atoms with Gasteiger partial charge in [-0.05, 0) is 13.3 Å². The molecule has 1 amide bonds. The molecule has 1 aliphatic rings. The highest BCUT2D eigenvalue weighted by Gasteiger charge is 2.31. The minimum Gasteiger partial charge on any atom is -0.364 e. The van der Waals surface area contributed by atoms with Crippen LogP contribution in [0.1, 0.15) is 37.1 Å². The van der Waals surface area contributed by atoms with Gasteiger partial charge in [-0.3, -0.25) is 9.48 Å². The summed E-state index contributed by atoms with van der Waals surface area (Å²) in [5.41, 5.74) is 1.23. The number of carbonyl (C=O) groups is 1. The van der Waals surface area contributed by atoms with Gasteiger partial charge in [-0.1, -0.05) is 0 Å². The van der Waals surface area contributed by atoms with E-state index in [-0.39, 0.29) is 23.7 Å². The molecule has 1 fully saturated rings. The Morgan fingerprint density at radius 1 is 1.43 bits per heavy atom. The molecule has 2 aromatic heterocycles. The average molecular weight is 311 g/mol. The van der Waals surface area contributed by atoms with Crippen molar-refractivity contribution < 1.29 is 4.79 Å². The summed E-state index contributed by atoms with van der Waals surface area (Å²) in [6, 6.07) is 1.76. The summed E-state index contributed by atoms with van der Waals surface area (Å²) in [5.74, 6) is 0.612. The molecule has 0 spiro atoms. The summed E-state index contributed by atoms with van der Waals surface area (Å²) in [4.78, 5) is 20.0. The fourth-order valence-corrected chi connectivity index (χ4v) is 2.63. The molecule has 0 unspecified atom stereocenters. The molecule has 0 saturated carbocycles. The van der Waals surface area contributed by atoms with Gasteiger partial charge in [-0.2, -0.15) is 10.4 Å². The molecule has 0 bridgehead atoms. The summed E-state index contributed by atoms with van der Waals surface area (Å²) in [5, 5.41) is 19.3. The maximum Gasteiger partial charge on any atom is 0.220 e. The van der Waals surface area contributed by atoms with Gasteiger partial charge in [0.05, 0.1) is 30.7 Å². The molecular formula is C15H17N7O. The molecule has 0 radical (unpaired) electrons. The number of rotatable bonds is 4. The number of aromatic nitrogens is 4. The van der Waals surface area contributed by atoms with Crippen LogP contribution in [0.3, 0.4) is 0 Å². The summed E-state index contributed by atoms with van der Waals surface area (Å²) >= 11 is 0. The molecule has 3 heterocycles. The molecule has 23 heavy (non-hydrogen) atoms. The Kier molecular flexibility index (Phi) is 4.19. The van der Waals surface area contributed by atoms with E-state index in [0.717, 1.165) is 12.1 Å². The Balaban J connectivity index is 1.79. The normalized spacial score (nSPS) is 20.6. The summed E-state index contributed by atoms with van der Waals surface area (Å²) in [6.07, 6.45) is 7.82. The first kappa shape index (κ1) is 15.0. The molecule has 8 heteroatoms. The monoisotopic (exact) mass is 311 g/mol. The van der Waals surface area contributed by atoms with Crippen LogP contribution in [0.4, 0.5) is 5.82 Å². The van der Waals surface area contributed by atoms with E-state index in [0.29, 0.717) is 18.7 Å². The Bertz CT molecular complexity index is 731. The highest BCUT2D eigenvalue weighted by Crippen LogP contribution is 2.26. The highest BCUT2D eigenvalue weighted by molar-refractivity contribution is 5.77. The van der Waals surface area contributed by atoms with Crippen LogP contribution >= 0.6 is 0 Å². The zero-order chi connectivity index (χ0) is 16.2. The standard InChI is InChI=1S/C15H17N7O/c1-2-22-9-10(6-19-22)15-12(3-4-14(23)21-15)20-13-8-17-11(5-16)7-18-13/h6-9,12,15H,2-4H2,1H3,(H,18,20)(H,21,23)/t12-,15+/m1/s1. The Morgan fingerprint density at radius 3 is 2.96 bits per heavy atom. The number of hydrogen-bond acceptors (Lipinski definition) is 6. The van der Waals surface area contributed by atoms with Crippen molar-refractivity contribution in [3.8, 4) is 6.07 Å². The largest absolute Gasteiger partial charge is 0.364 e. The first-order chi connectivity index (χ1) is 11.2. The van der Waals surface area contributed by atoms with Gasteiger partial charge in [0.1, 0.15) is 11.9 Å². The Labute approximate surface area is 133 Å². The van der Waals surface area contributed by atoms with Crippen molar-refractivity contribution in [2.75, 3.05) is 5.32 Å². The number of nitrogens with zero attached hydrogens (tertiary/aromatic N) is 5. The number of hydrogen-bond donors (Lipinski definition) is 2. The van der Waals surface area contributed by atoms with Crippen molar-refractivity contribution in [2.24, 2.45) is 0 Å². The Hall–Kier alpha value is -2.95. The van der Waals surface area contributed by atoms with E-state index in [1.165, 1.54) is 12.4 Å². The van der Waals surface area contributed by atoms with Crippen molar-refractivity contribution in [2.45, 2.75) is 38.4 Å². The molecule has 1 aliphatic heterocycles. The van der Waals surface area contributed by atoms with Crippen LogP contribution in [0.15, 0.2) is 24.8 Å². The maximum absolute atomic E-state index is 11.8. The van der Waals surface area contributed by atoms with E-state index >= 15 is 0 Å². The van der Waals surface area contributed by atoms with Gasteiger partial charge in [0.25, 0.3) is 0 Å². The van der Waals surface area contributed by atoms with Crippen molar-refractivity contribution in [3.05, 3.63) is 36.0 Å². The third-order valence-electron chi connectivity index (χ3n) is 3.84. The number of piperidine rings is 1. The topological polar surface area (TPSA) is 109 Å². The zero-order valence-corrected chi connectivity index (χ0v) is 12.7. The lowest BCUT2D eigenvalue weighted by Gasteiger charge is -2.32. The fourth-order valence-electron chi connectivity index (χ4n) is 2.63. The second-order valence-electron chi connectivity index (χ2n) is 5.36. The molecule has 0 aliphatic carbocycles. The molecule has 2 N–H and O–H groups in total. The van der Waals surface area contributed by atoms with Crippen LogP contribution in [-0.4, -0.2) is 31.7 Å². The lowest BCUT2D eigenvalue weighted by atomic mass is 9.94. The van der Waals surface area contributed by atoms with Gasteiger partial charge < -0.3 is 10.6 Å². The predicted molar refractivity (Wildman–Crippen MR) is 82.2 cm³/mol. The fraction of sp³-hybridized carbons (Fsp3) is 0.400. The summed E-state index contributed by atoms with van der Waals surface area (Å²) < 4.78 is 1.83.